The molecular weight excluding hydrogens is 525 g/mol. The van der Waals surface area contributed by atoms with E-state index < -0.39 is 0 Å². The molecule has 4 aliphatic heterocycles. The highest BCUT2D eigenvalue weighted by molar-refractivity contribution is 8.33. The van der Waals surface area contributed by atoms with Gasteiger partial charge in [-0.25, -0.2) is 0 Å². The summed E-state index contributed by atoms with van der Waals surface area (Å²) in [6.07, 6.45) is 5.79. The Morgan fingerprint density at radius 1 is 0.568 bits per heavy atom. The Morgan fingerprint density at radius 2 is 0.919 bits per heavy atom. The molecule has 2 bridgehead atoms. The number of thioether (sulfide) groups is 3. The van der Waals surface area contributed by atoms with E-state index in [9.17, 15) is 19.2 Å². The van der Waals surface area contributed by atoms with Crippen molar-refractivity contribution < 1.29 is 19.2 Å². The van der Waals surface area contributed by atoms with Gasteiger partial charge in [0, 0.05) is 24.6 Å². The molecule has 9 heteroatoms. The van der Waals surface area contributed by atoms with Crippen LogP contribution < -0.4 is 0 Å². The number of benzene rings is 2. The molecule has 192 valence electrons. The number of imide groups is 2. The molecular formula is C28H28N2O4S3. The number of nitrogens with zero attached hydrogens (tertiary/aromatic N) is 2. The molecule has 4 aliphatic rings. The van der Waals surface area contributed by atoms with Gasteiger partial charge in [0.05, 0.1) is 30.4 Å². The standard InChI is InChI=1S/C28H28N2O4S3/c31-23-19-9-1-2-10-20(19)24(32)29(23)15-7-5-13-27-17-36-28(37-27,18-35-27)14-6-8-16-30-25(33)21-11-3-4-12-22(21)26(30)34/h1-4,9-12H,5-8,13-18H2. The Labute approximate surface area is 229 Å². The maximum absolute atomic E-state index is 12.6. The Morgan fingerprint density at radius 3 is 1.24 bits per heavy atom. The molecule has 0 spiro atoms. The molecule has 2 aromatic rings. The third kappa shape index (κ3) is 4.42. The van der Waals surface area contributed by atoms with Crippen LogP contribution in [0.4, 0.5) is 0 Å². The van der Waals surface area contributed by atoms with Crippen molar-refractivity contribution in [3.8, 4) is 0 Å². The molecule has 4 heterocycles. The number of fused-ring (bicyclic) bond motifs is 4. The van der Waals surface area contributed by atoms with Gasteiger partial charge in [0.2, 0.25) is 0 Å². The maximum Gasteiger partial charge on any atom is 0.261 e. The third-order valence-corrected chi connectivity index (χ3v) is 14.0. The van der Waals surface area contributed by atoms with Crippen LogP contribution in [0, 0.1) is 0 Å². The molecule has 2 fully saturated rings. The molecule has 2 aromatic carbocycles. The number of hydrogen-bond acceptors (Lipinski definition) is 7. The zero-order valence-electron chi connectivity index (χ0n) is 20.4. The van der Waals surface area contributed by atoms with Crippen LogP contribution >= 0.6 is 35.3 Å². The first-order valence-corrected chi connectivity index (χ1v) is 15.6. The van der Waals surface area contributed by atoms with Crippen molar-refractivity contribution in [1.29, 1.82) is 0 Å². The van der Waals surface area contributed by atoms with Gasteiger partial charge in [-0.2, -0.15) is 0 Å². The maximum atomic E-state index is 12.6. The smallest absolute Gasteiger partial charge is 0.261 e. The SMILES string of the molecule is O=C1c2ccccc2C(=O)N1CCCCC12CSC(CCCCN3C(=O)c4ccccc4C3=O)(CS1)S2. The number of rotatable bonds is 10. The number of unbranched alkanes of at least 4 members (excludes halogenated alkanes) is 2. The largest absolute Gasteiger partial charge is 0.274 e. The van der Waals surface area contributed by atoms with Crippen molar-refractivity contribution >= 4 is 58.9 Å². The first-order valence-electron chi connectivity index (χ1n) is 12.8. The summed E-state index contributed by atoms with van der Waals surface area (Å²) in [5.74, 6) is 1.57. The summed E-state index contributed by atoms with van der Waals surface area (Å²) in [5.41, 5.74) is 2.09. The lowest BCUT2D eigenvalue weighted by Crippen LogP contribution is -2.31. The highest BCUT2D eigenvalue weighted by atomic mass is 32.2. The highest BCUT2D eigenvalue weighted by Crippen LogP contribution is 2.69. The number of amides is 4. The summed E-state index contributed by atoms with van der Waals surface area (Å²) in [6, 6.07) is 14.1. The zero-order chi connectivity index (χ0) is 25.6. The molecule has 6 nitrogen and oxygen atoms in total. The summed E-state index contributed by atoms with van der Waals surface area (Å²) >= 11 is 6.23. The lowest BCUT2D eigenvalue weighted by Gasteiger charge is -2.25. The second-order valence-corrected chi connectivity index (χ2v) is 15.0. The van der Waals surface area contributed by atoms with Crippen molar-refractivity contribution in [2.75, 3.05) is 24.6 Å². The number of hydrogen-bond donors (Lipinski definition) is 0. The molecule has 2 unspecified atom stereocenters. The topological polar surface area (TPSA) is 74.8 Å². The molecule has 4 amide bonds. The first-order chi connectivity index (χ1) is 17.9. The van der Waals surface area contributed by atoms with E-state index in [-0.39, 0.29) is 31.8 Å². The minimum atomic E-state index is -0.167. The van der Waals surface area contributed by atoms with Crippen molar-refractivity contribution in [2.45, 2.75) is 46.7 Å². The summed E-state index contributed by atoms with van der Waals surface area (Å²) in [6.45, 7) is 0.960. The fraction of sp³-hybridized carbons (Fsp3) is 0.429. The quantitative estimate of drug-likeness (QED) is 0.283. The van der Waals surface area contributed by atoms with Crippen LogP contribution in [0.5, 0.6) is 0 Å². The van der Waals surface area contributed by atoms with E-state index in [2.05, 4.69) is 35.3 Å². The first kappa shape index (κ1) is 25.1. The van der Waals surface area contributed by atoms with Gasteiger partial charge >= 0.3 is 0 Å². The van der Waals surface area contributed by atoms with Crippen LogP contribution in [0.1, 0.15) is 80.0 Å². The van der Waals surface area contributed by atoms with Crippen LogP contribution in [-0.2, 0) is 0 Å². The van der Waals surface area contributed by atoms with E-state index in [1.54, 1.807) is 48.5 Å². The van der Waals surface area contributed by atoms with Gasteiger partial charge in [0.25, 0.3) is 23.6 Å². The molecule has 0 radical (unpaired) electrons. The molecule has 2 atom stereocenters. The number of carbonyl (C=O) groups is 4. The Bertz CT molecular complexity index is 1120. The van der Waals surface area contributed by atoms with Crippen LogP contribution in [0.2, 0.25) is 0 Å². The Hall–Kier alpha value is -2.23. The second kappa shape index (κ2) is 9.82. The van der Waals surface area contributed by atoms with Crippen molar-refractivity contribution in [1.82, 2.24) is 9.80 Å². The van der Waals surface area contributed by atoms with Gasteiger partial charge in [-0.05, 0) is 62.8 Å². The monoisotopic (exact) mass is 552 g/mol. The summed E-state index contributed by atoms with van der Waals surface area (Å²) in [7, 11) is 0. The molecule has 0 N–H and O–H groups in total. The summed E-state index contributed by atoms with van der Waals surface area (Å²) < 4.78 is 0.435. The Kier molecular flexibility index (Phi) is 6.65. The van der Waals surface area contributed by atoms with Gasteiger partial charge < -0.3 is 0 Å². The van der Waals surface area contributed by atoms with Crippen LogP contribution in [-0.4, -0.2) is 66.2 Å². The van der Waals surface area contributed by atoms with Gasteiger partial charge in [0.15, 0.2) is 0 Å². The van der Waals surface area contributed by atoms with Gasteiger partial charge in [0.1, 0.15) is 0 Å². The molecule has 0 aliphatic carbocycles. The normalized spacial score (nSPS) is 25.9. The van der Waals surface area contributed by atoms with Crippen molar-refractivity contribution in [3.63, 3.8) is 0 Å². The lowest BCUT2D eigenvalue weighted by molar-refractivity contribution is 0.0636. The van der Waals surface area contributed by atoms with Crippen LogP contribution in [0.25, 0.3) is 0 Å². The van der Waals surface area contributed by atoms with Crippen LogP contribution in [0.3, 0.4) is 0 Å². The second-order valence-electron chi connectivity index (χ2n) is 10.0. The van der Waals surface area contributed by atoms with Gasteiger partial charge in [-0.1, -0.05) is 24.3 Å². The van der Waals surface area contributed by atoms with E-state index >= 15 is 0 Å². The van der Waals surface area contributed by atoms with E-state index in [1.807, 2.05) is 0 Å². The molecule has 0 aromatic heterocycles. The summed E-state index contributed by atoms with van der Waals surface area (Å²) in [4.78, 5) is 53.1. The average Bonchev–Trinajstić information content (AvgIpc) is 3.61. The molecule has 0 saturated carbocycles. The van der Waals surface area contributed by atoms with Crippen molar-refractivity contribution in [3.05, 3.63) is 70.8 Å². The van der Waals surface area contributed by atoms with E-state index in [0.717, 1.165) is 50.0 Å². The zero-order valence-corrected chi connectivity index (χ0v) is 22.9. The van der Waals surface area contributed by atoms with E-state index in [0.29, 0.717) is 35.3 Å². The molecule has 37 heavy (non-hydrogen) atoms. The predicted molar refractivity (Wildman–Crippen MR) is 149 cm³/mol. The molecule has 6 rings (SSSR count). The van der Waals surface area contributed by atoms with Crippen molar-refractivity contribution in [2.24, 2.45) is 0 Å². The molecule has 2 saturated heterocycles. The van der Waals surface area contributed by atoms with Gasteiger partial charge in [-0.3, -0.25) is 29.0 Å². The average molecular weight is 553 g/mol. The minimum Gasteiger partial charge on any atom is -0.274 e. The highest BCUT2D eigenvalue weighted by Gasteiger charge is 2.55. The fourth-order valence-electron chi connectivity index (χ4n) is 5.63. The summed E-state index contributed by atoms with van der Waals surface area (Å²) in [5, 5.41) is 0. The van der Waals surface area contributed by atoms with E-state index in [1.165, 1.54) is 9.80 Å². The number of carbonyl (C=O) groups excluding carboxylic acids is 4. The van der Waals surface area contributed by atoms with E-state index in [4.69, 9.17) is 0 Å². The lowest BCUT2D eigenvalue weighted by atomic mass is 10.1. The minimum absolute atomic E-state index is 0.167. The van der Waals surface area contributed by atoms with Gasteiger partial charge in [-0.15, -0.1) is 35.3 Å². The predicted octanol–water partition coefficient (Wildman–Crippen LogP) is 5.54. The third-order valence-electron chi connectivity index (χ3n) is 7.62. The Balaban J connectivity index is 0.940. The fourth-order valence-corrected chi connectivity index (χ4v) is 12.4. The van der Waals surface area contributed by atoms with Crippen LogP contribution in [0.15, 0.2) is 48.5 Å².